The third kappa shape index (κ3) is 1.55. The summed E-state index contributed by atoms with van der Waals surface area (Å²) in [5, 5.41) is 14.2. The molecule has 5 heteroatoms. The van der Waals surface area contributed by atoms with E-state index in [9.17, 15) is 5.11 Å². The van der Waals surface area contributed by atoms with Gasteiger partial charge in [-0.05, 0) is 12.1 Å². The Bertz CT molecular complexity index is 563. The molecular weight excluding hydrogens is 218 g/mol. The van der Waals surface area contributed by atoms with Gasteiger partial charge in [-0.2, -0.15) is 5.10 Å². The number of nitrogens with two attached hydrogens (primary N) is 1. The summed E-state index contributed by atoms with van der Waals surface area (Å²) >= 11 is 0. The molecule has 3 N–H and O–H groups in total. The van der Waals surface area contributed by atoms with Crippen molar-refractivity contribution in [2.75, 3.05) is 12.3 Å². The molecule has 0 bridgehead atoms. The normalized spacial score (nSPS) is 14.6. The van der Waals surface area contributed by atoms with Crippen LogP contribution in [-0.2, 0) is 17.8 Å². The van der Waals surface area contributed by atoms with Crippen molar-refractivity contribution >= 4 is 5.82 Å². The minimum atomic E-state index is 0.167. The SMILES string of the molecule is Nc1c2c(nn1-c1ccccc1O)COCC2. The van der Waals surface area contributed by atoms with E-state index in [1.165, 1.54) is 0 Å². The zero-order valence-electron chi connectivity index (χ0n) is 9.26. The zero-order valence-corrected chi connectivity index (χ0v) is 9.26. The lowest BCUT2D eigenvalue weighted by molar-refractivity contribution is 0.108. The highest BCUT2D eigenvalue weighted by Gasteiger charge is 2.20. The topological polar surface area (TPSA) is 73.3 Å². The summed E-state index contributed by atoms with van der Waals surface area (Å²) in [6, 6.07) is 7.00. The van der Waals surface area contributed by atoms with E-state index in [-0.39, 0.29) is 5.75 Å². The van der Waals surface area contributed by atoms with Crippen LogP contribution < -0.4 is 5.73 Å². The van der Waals surface area contributed by atoms with Crippen molar-refractivity contribution in [3.63, 3.8) is 0 Å². The highest BCUT2D eigenvalue weighted by Crippen LogP contribution is 2.28. The Morgan fingerprint density at radius 2 is 2.18 bits per heavy atom. The van der Waals surface area contributed by atoms with Crippen molar-refractivity contribution in [2.24, 2.45) is 0 Å². The molecule has 0 spiro atoms. The zero-order chi connectivity index (χ0) is 11.8. The van der Waals surface area contributed by atoms with E-state index in [1.807, 2.05) is 6.07 Å². The third-order valence-electron chi connectivity index (χ3n) is 2.95. The number of phenols is 1. The number of para-hydroxylation sites is 2. The van der Waals surface area contributed by atoms with Crippen molar-refractivity contribution in [1.29, 1.82) is 0 Å². The summed E-state index contributed by atoms with van der Waals surface area (Å²) in [6.07, 6.45) is 0.773. The summed E-state index contributed by atoms with van der Waals surface area (Å²) in [7, 11) is 0. The van der Waals surface area contributed by atoms with Crippen LogP contribution in [0.25, 0.3) is 5.69 Å². The fraction of sp³-hybridized carbons (Fsp3) is 0.250. The van der Waals surface area contributed by atoms with Crippen LogP contribution in [-0.4, -0.2) is 21.5 Å². The number of fused-ring (bicyclic) bond motifs is 1. The number of aromatic nitrogens is 2. The van der Waals surface area contributed by atoms with E-state index >= 15 is 0 Å². The predicted octanol–water partition coefficient (Wildman–Crippen LogP) is 1.23. The number of hydrogen-bond donors (Lipinski definition) is 2. The molecule has 0 amide bonds. The molecule has 1 aliphatic heterocycles. The third-order valence-corrected chi connectivity index (χ3v) is 2.95. The van der Waals surface area contributed by atoms with Crippen LogP contribution in [0.4, 0.5) is 5.82 Å². The Hall–Kier alpha value is -2.01. The van der Waals surface area contributed by atoms with E-state index < -0.39 is 0 Å². The van der Waals surface area contributed by atoms with Gasteiger partial charge in [-0.3, -0.25) is 0 Å². The van der Waals surface area contributed by atoms with Crippen LogP contribution in [0.5, 0.6) is 5.75 Å². The smallest absolute Gasteiger partial charge is 0.141 e. The number of rotatable bonds is 1. The Morgan fingerprint density at radius 1 is 1.35 bits per heavy atom. The van der Waals surface area contributed by atoms with Gasteiger partial charge >= 0.3 is 0 Å². The maximum atomic E-state index is 9.80. The first-order valence-electron chi connectivity index (χ1n) is 5.49. The van der Waals surface area contributed by atoms with Crippen molar-refractivity contribution in [1.82, 2.24) is 9.78 Å². The molecule has 3 rings (SSSR count). The lowest BCUT2D eigenvalue weighted by Gasteiger charge is -2.10. The average Bonchev–Trinajstić information content (AvgIpc) is 2.68. The maximum absolute atomic E-state index is 9.80. The summed E-state index contributed by atoms with van der Waals surface area (Å²) in [5.74, 6) is 0.754. The van der Waals surface area contributed by atoms with Crippen LogP contribution >= 0.6 is 0 Å². The Labute approximate surface area is 98.4 Å². The molecule has 17 heavy (non-hydrogen) atoms. The highest BCUT2D eigenvalue weighted by atomic mass is 16.5. The van der Waals surface area contributed by atoms with E-state index in [0.29, 0.717) is 24.7 Å². The number of phenolic OH excluding ortho intramolecular Hbond substituents is 1. The molecule has 2 heterocycles. The minimum absolute atomic E-state index is 0.167. The summed E-state index contributed by atoms with van der Waals surface area (Å²) < 4.78 is 6.91. The molecule has 1 aromatic carbocycles. The lowest BCUT2D eigenvalue weighted by atomic mass is 10.1. The van der Waals surface area contributed by atoms with Gasteiger partial charge in [-0.1, -0.05) is 12.1 Å². The van der Waals surface area contributed by atoms with E-state index in [0.717, 1.165) is 17.7 Å². The fourth-order valence-corrected chi connectivity index (χ4v) is 2.07. The molecule has 88 valence electrons. The molecule has 1 aliphatic rings. The van der Waals surface area contributed by atoms with Gasteiger partial charge in [-0.25, -0.2) is 4.68 Å². The number of anilines is 1. The Balaban J connectivity index is 2.16. The second-order valence-corrected chi connectivity index (χ2v) is 4.01. The second kappa shape index (κ2) is 3.78. The molecule has 0 saturated heterocycles. The van der Waals surface area contributed by atoms with Gasteiger partial charge in [0.2, 0.25) is 0 Å². The molecule has 0 aliphatic carbocycles. The summed E-state index contributed by atoms with van der Waals surface area (Å²) in [5.41, 5.74) is 8.54. The monoisotopic (exact) mass is 231 g/mol. The van der Waals surface area contributed by atoms with Crippen LogP contribution in [0.1, 0.15) is 11.3 Å². The van der Waals surface area contributed by atoms with Crippen LogP contribution in [0.3, 0.4) is 0 Å². The fourth-order valence-electron chi connectivity index (χ4n) is 2.07. The van der Waals surface area contributed by atoms with Gasteiger partial charge in [0.15, 0.2) is 0 Å². The molecule has 5 nitrogen and oxygen atoms in total. The number of nitrogens with zero attached hydrogens (tertiary/aromatic N) is 2. The molecular formula is C12H13N3O2. The Morgan fingerprint density at radius 3 is 2.94 bits per heavy atom. The van der Waals surface area contributed by atoms with Crippen LogP contribution in [0, 0.1) is 0 Å². The van der Waals surface area contributed by atoms with Crippen LogP contribution in [0.2, 0.25) is 0 Å². The highest BCUT2D eigenvalue weighted by molar-refractivity contribution is 5.54. The first-order chi connectivity index (χ1) is 8.27. The predicted molar refractivity (Wildman–Crippen MR) is 63.0 cm³/mol. The number of hydrogen-bond acceptors (Lipinski definition) is 4. The number of ether oxygens (including phenoxy) is 1. The van der Waals surface area contributed by atoms with E-state index in [4.69, 9.17) is 10.5 Å². The molecule has 0 fully saturated rings. The summed E-state index contributed by atoms with van der Waals surface area (Å²) in [4.78, 5) is 0. The van der Waals surface area contributed by atoms with Crippen molar-refractivity contribution in [3.8, 4) is 11.4 Å². The number of nitrogen functional groups attached to an aromatic ring is 1. The molecule has 0 radical (unpaired) electrons. The van der Waals surface area contributed by atoms with Gasteiger partial charge in [0, 0.05) is 12.0 Å². The van der Waals surface area contributed by atoms with E-state index in [1.54, 1.807) is 22.9 Å². The number of benzene rings is 1. The molecule has 2 aromatic rings. The minimum Gasteiger partial charge on any atom is -0.506 e. The van der Waals surface area contributed by atoms with Crippen LogP contribution in [0.15, 0.2) is 24.3 Å². The average molecular weight is 231 g/mol. The van der Waals surface area contributed by atoms with Crippen molar-refractivity contribution in [3.05, 3.63) is 35.5 Å². The standard InChI is InChI=1S/C12H13N3O2/c13-12-8-5-6-17-7-9(8)14-15(12)10-3-1-2-4-11(10)16/h1-4,16H,5-7,13H2. The van der Waals surface area contributed by atoms with E-state index in [2.05, 4.69) is 5.10 Å². The molecule has 0 atom stereocenters. The summed E-state index contributed by atoms with van der Waals surface area (Å²) in [6.45, 7) is 1.16. The largest absolute Gasteiger partial charge is 0.506 e. The second-order valence-electron chi connectivity index (χ2n) is 4.01. The number of aromatic hydroxyl groups is 1. The Kier molecular flexibility index (Phi) is 2.26. The lowest BCUT2D eigenvalue weighted by Crippen LogP contribution is -2.09. The maximum Gasteiger partial charge on any atom is 0.141 e. The van der Waals surface area contributed by atoms with Gasteiger partial charge in [0.25, 0.3) is 0 Å². The molecule has 0 unspecified atom stereocenters. The van der Waals surface area contributed by atoms with Gasteiger partial charge in [0.1, 0.15) is 17.3 Å². The molecule has 0 saturated carbocycles. The van der Waals surface area contributed by atoms with Gasteiger partial charge in [0.05, 0.1) is 18.9 Å². The van der Waals surface area contributed by atoms with Crippen molar-refractivity contribution < 1.29 is 9.84 Å². The first-order valence-corrected chi connectivity index (χ1v) is 5.49. The quantitative estimate of drug-likeness (QED) is 0.774. The van der Waals surface area contributed by atoms with Gasteiger partial charge < -0.3 is 15.6 Å². The van der Waals surface area contributed by atoms with Gasteiger partial charge in [-0.15, -0.1) is 0 Å². The van der Waals surface area contributed by atoms with Crippen molar-refractivity contribution in [2.45, 2.75) is 13.0 Å². The molecule has 1 aromatic heterocycles. The first kappa shape index (κ1) is 10.2.